The molecule has 0 aliphatic carbocycles. The summed E-state index contributed by atoms with van der Waals surface area (Å²) in [6.45, 7) is 0.837. The van der Waals surface area contributed by atoms with Gasteiger partial charge in [0, 0.05) is 0 Å². The zero-order chi connectivity index (χ0) is 19.1. The number of nitrogens with zero attached hydrogens (tertiary/aromatic N) is 1. The number of halogens is 1. The monoisotopic (exact) mass is 430 g/mol. The van der Waals surface area contributed by atoms with Crippen LogP contribution in [-0.4, -0.2) is 9.55 Å². The molecule has 0 radical (unpaired) electrons. The van der Waals surface area contributed by atoms with E-state index in [1.807, 2.05) is 60.7 Å². The van der Waals surface area contributed by atoms with Crippen LogP contribution in [-0.2, 0) is 36.0 Å². The molecule has 7 heteroatoms. The van der Waals surface area contributed by atoms with Crippen LogP contribution in [0.1, 0.15) is 16.8 Å². The lowest BCUT2D eigenvalue weighted by Gasteiger charge is -2.14. The maximum absolute atomic E-state index is 12.2. The Morgan fingerprint density at radius 1 is 0.815 bits per heavy atom. The normalized spacial score (nSPS) is 10.9. The molecule has 0 spiro atoms. The zero-order valence-electron chi connectivity index (χ0n) is 14.6. The number of hydrogen-bond acceptors (Lipinski definition) is 4. The van der Waals surface area contributed by atoms with Gasteiger partial charge in [0.25, 0.3) is 5.56 Å². The van der Waals surface area contributed by atoms with E-state index in [1.165, 1.54) is 4.57 Å². The molecule has 0 saturated heterocycles. The van der Waals surface area contributed by atoms with Crippen LogP contribution < -0.4 is 11.2 Å². The fraction of sp³-hybridized carbons (Fsp3) is 0.200. The summed E-state index contributed by atoms with van der Waals surface area (Å²) < 4.78 is 13.0. The second-order valence-electron chi connectivity index (χ2n) is 5.89. The van der Waals surface area contributed by atoms with E-state index >= 15 is 0 Å². The van der Waals surface area contributed by atoms with Crippen LogP contribution in [0.25, 0.3) is 0 Å². The highest BCUT2D eigenvalue weighted by molar-refractivity contribution is 9.10. The number of ether oxygens (including phenoxy) is 2. The molecule has 0 fully saturated rings. The molecule has 0 aliphatic rings. The molecule has 0 unspecified atom stereocenters. The first-order valence-electron chi connectivity index (χ1n) is 8.40. The van der Waals surface area contributed by atoms with Crippen LogP contribution in [0, 0.1) is 0 Å². The van der Waals surface area contributed by atoms with Crippen LogP contribution in [0.3, 0.4) is 0 Å². The Labute approximate surface area is 164 Å². The number of rotatable bonds is 8. The standard InChI is InChI=1S/C20H19BrN2O4/c21-18-17(13-26-11-15-7-3-1-4-8-15)23(20(25)22-19(18)24)14-27-12-16-9-5-2-6-10-16/h1-10H,11-14H2,(H,22,24,25). The van der Waals surface area contributed by atoms with E-state index in [9.17, 15) is 9.59 Å². The average molecular weight is 431 g/mol. The molecule has 140 valence electrons. The van der Waals surface area contributed by atoms with Crippen molar-refractivity contribution in [2.24, 2.45) is 0 Å². The van der Waals surface area contributed by atoms with Crippen molar-refractivity contribution in [1.29, 1.82) is 0 Å². The topological polar surface area (TPSA) is 73.3 Å². The second-order valence-corrected chi connectivity index (χ2v) is 6.68. The summed E-state index contributed by atoms with van der Waals surface area (Å²) in [4.78, 5) is 26.4. The van der Waals surface area contributed by atoms with Gasteiger partial charge in [0.2, 0.25) is 0 Å². The highest BCUT2D eigenvalue weighted by Crippen LogP contribution is 2.13. The van der Waals surface area contributed by atoms with Crippen LogP contribution in [0.5, 0.6) is 0 Å². The number of hydrogen-bond donors (Lipinski definition) is 1. The minimum absolute atomic E-state index is 0.00708. The minimum Gasteiger partial charge on any atom is -0.371 e. The summed E-state index contributed by atoms with van der Waals surface area (Å²) in [5.74, 6) is 0. The van der Waals surface area contributed by atoms with E-state index in [1.54, 1.807) is 0 Å². The molecular formula is C20H19BrN2O4. The first-order valence-corrected chi connectivity index (χ1v) is 9.19. The predicted molar refractivity (Wildman–Crippen MR) is 105 cm³/mol. The minimum atomic E-state index is -0.533. The summed E-state index contributed by atoms with van der Waals surface area (Å²) in [7, 11) is 0. The molecule has 1 N–H and O–H groups in total. The quantitative estimate of drug-likeness (QED) is 0.595. The summed E-state index contributed by atoms with van der Waals surface area (Å²) in [6, 6.07) is 19.3. The van der Waals surface area contributed by atoms with Gasteiger partial charge in [-0.15, -0.1) is 0 Å². The van der Waals surface area contributed by atoms with Crippen molar-refractivity contribution in [3.63, 3.8) is 0 Å². The van der Waals surface area contributed by atoms with E-state index in [-0.39, 0.29) is 17.8 Å². The van der Waals surface area contributed by atoms with Crippen LogP contribution in [0.4, 0.5) is 0 Å². The first kappa shape index (κ1) is 19.3. The number of aromatic amines is 1. The van der Waals surface area contributed by atoms with Crippen LogP contribution >= 0.6 is 15.9 Å². The Hall–Kier alpha value is -2.48. The molecule has 3 aromatic rings. The molecule has 1 heterocycles. The number of nitrogens with one attached hydrogen (secondary N) is 1. The van der Waals surface area contributed by atoms with Crippen molar-refractivity contribution in [3.05, 3.63) is 103 Å². The lowest BCUT2D eigenvalue weighted by Crippen LogP contribution is -2.34. The Kier molecular flexibility index (Phi) is 6.75. The van der Waals surface area contributed by atoms with Gasteiger partial charge in [0.05, 0.1) is 25.5 Å². The Bertz CT molecular complexity index is 984. The SMILES string of the molecule is O=c1[nH]c(=O)n(COCc2ccccc2)c(COCc2ccccc2)c1Br. The highest BCUT2D eigenvalue weighted by Gasteiger charge is 2.13. The van der Waals surface area contributed by atoms with Crippen molar-refractivity contribution < 1.29 is 9.47 Å². The lowest BCUT2D eigenvalue weighted by atomic mass is 10.2. The molecule has 27 heavy (non-hydrogen) atoms. The molecule has 0 atom stereocenters. The van der Waals surface area contributed by atoms with Gasteiger partial charge in [-0.1, -0.05) is 60.7 Å². The van der Waals surface area contributed by atoms with Gasteiger partial charge in [0.15, 0.2) is 0 Å². The predicted octanol–water partition coefficient (Wildman–Crippen LogP) is 3.19. The van der Waals surface area contributed by atoms with E-state index < -0.39 is 11.2 Å². The van der Waals surface area contributed by atoms with E-state index in [0.29, 0.717) is 18.9 Å². The largest absolute Gasteiger partial charge is 0.371 e. The third-order valence-electron chi connectivity index (χ3n) is 3.93. The molecular weight excluding hydrogens is 412 g/mol. The third-order valence-corrected chi connectivity index (χ3v) is 4.74. The highest BCUT2D eigenvalue weighted by atomic mass is 79.9. The smallest absolute Gasteiger partial charge is 0.330 e. The van der Waals surface area contributed by atoms with Crippen LogP contribution in [0.15, 0.2) is 74.7 Å². The first-order chi connectivity index (χ1) is 13.1. The van der Waals surface area contributed by atoms with Gasteiger partial charge >= 0.3 is 5.69 Å². The maximum Gasteiger partial charge on any atom is 0.330 e. The van der Waals surface area contributed by atoms with Gasteiger partial charge in [-0.05, 0) is 27.1 Å². The fourth-order valence-corrected chi connectivity index (χ4v) is 2.97. The van der Waals surface area contributed by atoms with Crippen molar-refractivity contribution in [3.8, 4) is 0 Å². The molecule has 0 bridgehead atoms. The van der Waals surface area contributed by atoms with Crippen molar-refractivity contribution >= 4 is 15.9 Å². The van der Waals surface area contributed by atoms with Gasteiger partial charge in [-0.3, -0.25) is 14.3 Å². The average Bonchev–Trinajstić information content (AvgIpc) is 2.69. The van der Waals surface area contributed by atoms with Crippen molar-refractivity contribution in [2.75, 3.05) is 0 Å². The summed E-state index contributed by atoms with van der Waals surface area (Å²) >= 11 is 3.25. The van der Waals surface area contributed by atoms with Crippen molar-refractivity contribution in [1.82, 2.24) is 9.55 Å². The summed E-state index contributed by atoms with van der Waals surface area (Å²) in [6.07, 6.45) is 0. The number of aromatic nitrogens is 2. The third kappa shape index (κ3) is 5.26. The Morgan fingerprint density at radius 3 is 1.96 bits per heavy atom. The molecule has 1 aromatic heterocycles. The fourth-order valence-electron chi connectivity index (χ4n) is 2.54. The van der Waals surface area contributed by atoms with Crippen LogP contribution in [0.2, 0.25) is 0 Å². The Morgan fingerprint density at radius 2 is 1.37 bits per heavy atom. The van der Waals surface area contributed by atoms with Gasteiger partial charge in [-0.25, -0.2) is 4.79 Å². The zero-order valence-corrected chi connectivity index (χ0v) is 16.1. The molecule has 3 rings (SSSR count). The molecule has 0 saturated carbocycles. The Balaban J connectivity index is 1.71. The summed E-state index contributed by atoms with van der Waals surface area (Å²) in [5, 5.41) is 0. The summed E-state index contributed by atoms with van der Waals surface area (Å²) in [5.41, 5.74) is 1.42. The molecule has 6 nitrogen and oxygen atoms in total. The van der Waals surface area contributed by atoms with E-state index in [4.69, 9.17) is 9.47 Å². The maximum atomic E-state index is 12.2. The van der Waals surface area contributed by atoms with E-state index in [2.05, 4.69) is 20.9 Å². The molecule has 2 aromatic carbocycles. The lowest BCUT2D eigenvalue weighted by molar-refractivity contribution is 0.0481. The van der Waals surface area contributed by atoms with Gasteiger partial charge in [0.1, 0.15) is 11.2 Å². The number of H-pyrrole nitrogens is 1. The number of benzene rings is 2. The molecule has 0 aliphatic heterocycles. The molecule has 0 amide bonds. The second kappa shape index (κ2) is 9.45. The van der Waals surface area contributed by atoms with Crippen molar-refractivity contribution in [2.45, 2.75) is 26.6 Å². The van der Waals surface area contributed by atoms with Gasteiger partial charge < -0.3 is 9.47 Å². The van der Waals surface area contributed by atoms with E-state index in [0.717, 1.165) is 11.1 Å². The van der Waals surface area contributed by atoms with Gasteiger partial charge in [-0.2, -0.15) is 0 Å².